The molecule has 0 fully saturated rings. The van der Waals surface area contributed by atoms with Crippen LogP contribution in [0.5, 0.6) is 0 Å². The Morgan fingerprint density at radius 1 is 0.316 bits per heavy atom. The summed E-state index contributed by atoms with van der Waals surface area (Å²) in [6.45, 7) is 35.2. The Balaban J connectivity index is -0.000000101. The fourth-order valence-corrected chi connectivity index (χ4v) is 2.97. The average Bonchev–Trinajstić information content (AvgIpc) is 3.19. The SMILES string of the molecule is CC(C)(C(F)(F)F)C(F)(F)F.CC(C)(C)C(F)(F)F.CC(C)C(C)C.CCC(C)(C)C.CCC(C)CC.CCCC(C(F)(F)F)C(F)(F)F.CCCCCC(F)(F)F.CCC[C@H](C)C(F)(F)F.C[C@@H](CCC(F)(F)F)C(F)(F)F. The van der Waals surface area contributed by atoms with E-state index >= 15 is 0 Å². The first-order valence-corrected chi connectivity index (χ1v) is 25.7. The fraction of sp³-hybridized carbons (Fsp3) is 1.00. The Kier molecular flexibility index (Phi) is 51.2. The molecule has 0 unspecified atom stereocenters. The molecule has 27 heteroatoms. The second-order valence-corrected chi connectivity index (χ2v) is 22.0. The van der Waals surface area contributed by atoms with Crippen molar-refractivity contribution in [2.75, 3.05) is 0 Å². The van der Waals surface area contributed by atoms with Crippen LogP contribution >= 0.6 is 0 Å². The number of hydrogen-bond donors (Lipinski definition) is 0. The van der Waals surface area contributed by atoms with E-state index in [0.717, 1.165) is 51.9 Å². The van der Waals surface area contributed by atoms with Gasteiger partial charge in [-0.25, -0.2) is 0 Å². The van der Waals surface area contributed by atoms with Crippen molar-refractivity contribution in [1.29, 1.82) is 0 Å². The van der Waals surface area contributed by atoms with Gasteiger partial charge in [-0.1, -0.05) is 176 Å². The summed E-state index contributed by atoms with van der Waals surface area (Å²) in [5.41, 5.74) is -4.65. The maximum Gasteiger partial charge on any atom is 0.402 e. The summed E-state index contributed by atoms with van der Waals surface area (Å²) in [4.78, 5) is 0. The molecule has 0 aliphatic rings. The molecule has 0 rings (SSSR count). The van der Waals surface area contributed by atoms with E-state index < -0.39 is 110 Å². The zero-order valence-electron chi connectivity index (χ0n) is 49.9. The van der Waals surface area contributed by atoms with Crippen molar-refractivity contribution in [3.63, 3.8) is 0 Å². The van der Waals surface area contributed by atoms with Crippen molar-refractivity contribution in [2.24, 2.45) is 51.8 Å². The number of hydrogen-bond acceptors (Lipinski definition) is 0. The lowest BCUT2D eigenvalue weighted by Gasteiger charge is -2.29. The maximum atomic E-state index is 11.7. The number of rotatable bonds is 12. The van der Waals surface area contributed by atoms with Crippen LogP contribution in [0, 0.1) is 51.8 Å². The van der Waals surface area contributed by atoms with Gasteiger partial charge in [0.15, 0.2) is 11.3 Å². The molecule has 0 spiro atoms. The zero-order chi connectivity index (χ0) is 66.7. The molecule has 0 saturated heterocycles. The molecule has 0 heterocycles. The van der Waals surface area contributed by atoms with Crippen molar-refractivity contribution in [3.8, 4) is 0 Å². The third-order valence-electron chi connectivity index (χ3n) is 11.2. The molecule has 0 bridgehead atoms. The summed E-state index contributed by atoms with van der Waals surface area (Å²) < 4.78 is 313. The van der Waals surface area contributed by atoms with Crippen LogP contribution in [0.25, 0.3) is 0 Å². The van der Waals surface area contributed by atoms with Gasteiger partial charge in [0.05, 0.1) is 17.3 Å². The second kappa shape index (κ2) is 42.0. The van der Waals surface area contributed by atoms with E-state index in [1.54, 1.807) is 6.92 Å². The van der Waals surface area contributed by atoms with Crippen LogP contribution in [0.4, 0.5) is 119 Å². The first-order chi connectivity index (χ1) is 34.1. The zero-order valence-corrected chi connectivity index (χ0v) is 49.9. The van der Waals surface area contributed by atoms with Gasteiger partial charge < -0.3 is 0 Å². The van der Waals surface area contributed by atoms with Crippen molar-refractivity contribution in [2.45, 2.75) is 284 Å². The molecule has 2 atom stereocenters. The maximum absolute atomic E-state index is 11.7. The van der Waals surface area contributed by atoms with Gasteiger partial charge >= 0.3 is 55.6 Å². The lowest BCUT2D eigenvalue weighted by Crippen LogP contribution is -2.44. The molecule has 0 amide bonds. The molecule has 0 radical (unpaired) electrons. The van der Waals surface area contributed by atoms with Gasteiger partial charge in [-0.15, -0.1) is 0 Å². The van der Waals surface area contributed by atoms with E-state index in [4.69, 9.17) is 0 Å². The molecular formula is C52H95F27. The van der Waals surface area contributed by atoms with Gasteiger partial charge in [-0.05, 0) is 62.7 Å². The van der Waals surface area contributed by atoms with E-state index in [2.05, 4.69) is 76.2 Å². The topological polar surface area (TPSA) is 0 Å². The van der Waals surface area contributed by atoms with E-state index in [9.17, 15) is 119 Å². The van der Waals surface area contributed by atoms with Crippen LogP contribution in [0.2, 0.25) is 0 Å². The molecule has 492 valence electrons. The van der Waals surface area contributed by atoms with Crippen LogP contribution < -0.4 is 0 Å². The average molecular weight is 1230 g/mol. The Labute approximate surface area is 454 Å². The van der Waals surface area contributed by atoms with Crippen LogP contribution in [0.3, 0.4) is 0 Å². The van der Waals surface area contributed by atoms with Crippen molar-refractivity contribution in [3.05, 3.63) is 0 Å². The second-order valence-electron chi connectivity index (χ2n) is 22.0. The minimum Gasteiger partial charge on any atom is -0.171 e. The summed E-state index contributed by atoms with van der Waals surface area (Å²) >= 11 is 0. The predicted octanol–water partition coefficient (Wildman–Crippen LogP) is 26.1. The monoisotopic (exact) mass is 1230 g/mol. The van der Waals surface area contributed by atoms with Crippen molar-refractivity contribution >= 4 is 0 Å². The summed E-state index contributed by atoms with van der Waals surface area (Å²) in [5.74, 6) is -3.56. The summed E-state index contributed by atoms with van der Waals surface area (Å²) in [7, 11) is 0. The largest absolute Gasteiger partial charge is 0.402 e. The first kappa shape index (κ1) is 96.3. The normalized spacial score (nSPS) is 13.8. The first-order valence-electron chi connectivity index (χ1n) is 25.7. The van der Waals surface area contributed by atoms with Gasteiger partial charge in [0.25, 0.3) is 0 Å². The molecule has 0 N–H and O–H groups in total. The van der Waals surface area contributed by atoms with E-state index in [1.165, 1.54) is 33.1 Å². The molecule has 0 aromatic rings. The van der Waals surface area contributed by atoms with Gasteiger partial charge in [0.2, 0.25) is 0 Å². The Bertz CT molecular complexity index is 1290. The number of alkyl halides is 27. The molecule has 0 saturated carbocycles. The van der Waals surface area contributed by atoms with Crippen LogP contribution in [0.1, 0.15) is 229 Å². The highest BCUT2D eigenvalue weighted by Gasteiger charge is 2.64. The minimum atomic E-state index is -5.24. The van der Waals surface area contributed by atoms with E-state index in [1.807, 2.05) is 6.92 Å². The summed E-state index contributed by atoms with van der Waals surface area (Å²) in [5, 5.41) is 0. The lowest BCUT2D eigenvalue weighted by molar-refractivity contribution is -0.327. The highest BCUT2D eigenvalue weighted by atomic mass is 19.4. The third kappa shape index (κ3) is 68.5. The molecular weight excluding hydrogens is 1140 g/mol. The molecule has 0 nitrogen and oxygen atoms in total. The van der Waals surface area contributed by atoms with Crippen LogP contribution in [0.15, 0.2) is 0 Å². The standard InChI is InChI=1S/2C6H8F6.2C6H11F3.3C6H14.C5H6F6.C5H9F3/c1-4(6(10,11)12)2-3-5(7,8)9;1-2-3-4(5(7,8)9)6(10,11)12;1-3-4-5(2)6(7,8)9;1-2-3-4-5-6(7,8)9;1-5-6(2,3)4;1-5(2)6(3)4;1-4-6(3)5-2;1-3(2,4(6,7)8)5(9,10)11;1-4(2,3)5(6,7)8/h2*4H,2-3H2,1H3;5H,3-4H2,1-2H3;2-5H2,1H3;5H2,1-4H3;5-6H,1-4H3;6H,4-5H2,1-3H3;1-2H3;1-3H3/t4-;;5-;;;;;;/m0.0....../s1. The van der Waals surface area contributed by atoms with E-state index in [0.29, 0.717) is 18.3 Å². The molecule has 0 aromatic heterocycles. The van der Waals surface area contributed by atoms with Gasteiger partial charge in [-0.3, -0.25) is 0 Å². The lowest BCUT2D eigenvalue weighted by atomic mass is 9.92. The predicted molar refractivity (Wildman–Crippen MR) is 262 cm³/mol. The van der Waals surface area contributed by atoms with E-state index in [-0.39, 0.29) is 33.1 Å². The van der Waals surface area contributed by atoms with Crippen LogP contribution in [-0.2, 0) is 0 Å². The molecule has 0 aliphatic carbocycles. The number of halogens is 27. The fourth-order valence-electron chi connectivity index (χ4n) is 2.97. The summed E-state index contributed by atoms with van der Waals surface area (Å²) in [6.07, 6.45) is -39.2. The Hall–Kier alpha value is -1.89. The smallest absolute Gasteiger partial charge is 0.171 e. The Morgan fingerprint density at radius 2 is 0.582 bits per heavy atom. The molecule has 0 aromatic carbocycles. The van der Waals surface area contributed by atoms with Crippen molar-refractivity contribution in [1.82, 2.24) is 0 Å². The highest BCUT2D eigenvalue weighted by molar-refractivity contribution is 4.84. The van der Waals surface area contributed by atoms with Crippen LogP contribution in [-0.4, -0.2) is 55.6 Å². The van der Waals surface area contributed by atoms with Gasteiger partial charge in [0, 0.05) is 12.8 Å². The highest BCUT2D eigenvalue weighted by Crippen LogP contribution is 2.49. The summed E-state index contributed by atoms with van der Waals surface area (Å²) in [6, 6.07) is 0. The number of unbranched alkanes of at least 4 members (excludes halogenated alkanes) is 2. The third-order valence-corrected chi connectivity index (χ3v) is 11.2. The van der Waals surface area contributed by atoms with Gasteiger partial charge in [0.1, 0.15) is 0 Å². The van der Waals surface area contributed by atoms with Crippen molar-refractivity contribution < 1.29 is 119 Å². The molecule has 0 aliphatic heterocycles. The minimum absolute atomic E-state index is 0.104. The Morgan fingerprint density at radius 3 is 0.684 bits per heavy atom. The van der Waals surface area contributed by atoms with Gasteiger partial charge in [-0.2, -0.15) is 119 Å². The quantitative estimate of drug-likeness (QED) is 0.135. The molecule has 79 heavy (non-hydrogen) atoms.